The molecule has 6 heteroatoms. The molecule has 2 aromatic rings. The fraction of sp³-hybridized carbons (Fsp3) is 0.235. The van der Waals surface area contributed by atoms with Gasteiger partial charge in [-0.2, -0.15) is 0 Å². The molecular formula is C17H16ClNO3S. The van der Waals surface area contributed by atoms with E-state index < -0.39 is 15.1 Å². The number of carbonyl (C=O) groups excluding carboxylic acids is 1. The van der Waals surface area contributed by atoms with E-state index >= 15 is 0 Å². The Bertz CT molecular complexity index is 821. The molecule has 0 radical (unpaired) electrons. The van der Waals surface area contributed by atoms with Crippen LogP contribution in [0, 0.1) is 0 Å². The maximum absolute atomic E-state index is 12.7. The van der Waals surface area contributed by atoms with E-state index in [0.717, 1.165) is 0 Å². The molecule has 1 unspecified atom stereocenters. The first-order valence-electron chi connectivity index (χ1n) is 7.29. The molecule has 1 aliphatic heterocycles. The van der Waals surface area contributed by atoms with Crippen molar-refractivity contribution in [2.24, 2.45) is 0 Å². The van der Waals surface area contributed by atoms with E-state index in [9.17, 15) is 13.2 Å². The van der Waals surface area contributed by atoms with Gasteiger partial charge in [0.25, 0.3) is 5.91 Å². The molecule has 23 heavy (non-hydrogen) atoms. The molecule has 0 aromatic heterocycles. The summed E-state index contributed by atoms with van der Waals surface area (Å²) in [5.41, 5.74) is 1.12. The predicted molar refractivity (Wildman–Crippen MR) is 90.3 cm³/mol. The van der Waals surface area contributed by atoms with Crippen LogP contribution in [0.25, 0.3) is 0 Å². The summed E-state index contributed by atoms with van der Waals surface area (Å²) in [4.78, 5) is 14.2. The Labute approximate surface area is 140 Å². The SMILES string of the molecule is O=C(c1ccccc1Cl)N1CCS(=O)(=O)C(c2ccccc2)C1. The van der Waals surface area contributed by atoms with E-state index in [1.807, 2.05) is 6.07 Å². The zero-order valence-electron chi connectivity index (χ0n) is 12.4. The molecule has 0 saturated carbocycles. The number of halogens is 1. The van der Waals surface area contributed by atoms with Crippen LogP contribution in [0.3, 0.4) is 0 Å². The van der Waals surface area contributed by atoms with E-state index in [0.29, 0.717) is 16.1 Å². The molecule has 1 saturated heterocycles. The molecule has 2 aromatic carbocycles. The molecule has 4 nitrogen and oxygen atoms in total. The standard InChI is InChI=1S/C17H16ClNO3S/c18-15-9-5-4-8-14(15)17(20)19-10-11-23(21,22)16(12-19)13-6-2-1-3-7-13/h1-9,16H,10-12H2. The van der Waals surface area contributed by atoms with Gasteiger partial charge >= 0.3 is 0 Å². The average Bonchev–Trinajstić information content (AvgIpc) is 2.55. The van der Waals surface area contributed by atoms with Gasteiger partial charge in [0.2, 0.25) is 0 Å². The highest BCUT2D eigenvalue weighted by Gasteiger charge is 2.36. The van der Waals surface area contributed by atoms with Gasteiger partial charge in [0.15, 0.2) is 9.84 Å². The zero-order valence-corrected chi connectivity index (χ0v) is 13.9. The van der Waals surface area contributed by atoms with E-state index in [-0.39, 0.29) is 24.7 Å². The zero-order chi connectivity index (χ0) is 16.4. The van der Waals surface area contributed by atoms with Crippen LogP contribution >= 0.6 is 11.6 Å². The van der Waals surface area contributed by atoms with Gasteiger partial charge in [-0.1, -0.05) is 54.1 Å². The van der Waals surface area contributed by atoms with Crippen LogP contribution < -0.4 is 0 Å². The van der Waals surface area contributed by atoms with Gasteiger partial charge in [-0.25, -0.2) is 8.42 Å². The van der Waals surface area contributed by atoms with Crippen molar-refractivity contribution in [2.45, 2.75) is 5.25 Å². The summed E-state index contributed by atoms with van der Waals surface area (Å²) in [6.45, 7) is 0.339. The van der Waals surface area contributed by atoms with Gasteiger partial charge in [0.05, 0.1) is 16.3 Å². The van der Waals surface area contributed by atoms with Crippen molar-refractivity contribution in [2.75, 3.05) is 18.8 Å². The molecule has 120 valence electrons. The van der Waals surface area contributed by atoms with Crippen molar-refractivity contribution >= 4 is 27.3 Å². The second-order valence-corrected chi connectivity index (χ2v) is 8.21. The van der Waals surface area contributed by atoms with Crippen molar-refractivity contribution in [3.63, 3.8) is 0 Å². The van der Waals surface area contributed by atoms with Crippen molar-refractivity contribution < 1.29 is 13.2 Å². The molecule has 1 atom stereocenters. The summed E-state index contributed by atoms with van der Waals surface area (Å²) in [6, 6.07) is 15.8. The minimum atomic E-state index is -3.26. The lowest BCUT2D eigenvalue weighted by Gasteiger charge is -2.33. The second kappa shape index (κ2) is 6.34. The van der Waals surface area contributed by atoms with Crippen LogP contribution in [-0.4, -0.2) is 38.1 Å². The Morgan fingerprint density at radius 3 is 2.39 bits per heavy atom. The van der Waals surface area contributed by atoms with E-state index in [2.05, 4.69) is 0 Å². The number of carbonyl (C=O) groups is 1. The smallest absolute Gasteiger partial charge is 0.255 e. The molecule has 0 bridgehead atoms. The molecule has 1 heterocycles. The number of nitrogens with zero attached hydrogens (tertiary/aromatic N) is 1. The largest absolute Gasteiger partial charge is 0.336 e. The third-order valence-electron chi connectivity index (χ3n) is 4.03. The molecule has 0 aliphatic carbocycles. The van der Waals surface area contributed by atoms with Crippen LogP contribution in [-0.2, 0) is 9.84 Å². The number of rotatable bonds is 2. The predicted octanol–water partition coefficient (Wildman–Crippen LogP) is 2.95. The summed E-state index contributed by atoms with van der Waals surface area (Å²) in [5.74, 6) is -0.269. The molecule has 1 fully saturated rings. The maximum atomic E-state index is 12.7. The lowest BCUT2D eigenvalue weighted by atomic mass is 10.1. The third-order valence-corrected chi connectivity index (χ3v) is 6.40. The fourth-order valence-electron chi connectivity index (χ4n) is 2.75. The lowest BCUT2D eigenvalue weighted by Crippen LogP contribution is -2.45. The van der Waals surface area contributed by atoms with Gasteiger partial charge in [-0.3, -0.25) is 4.79 Å². The highest BCUT2D eigenvalue weighted by molar-refractivity contribution is 7.91. The van der Waals surface area contributed by atoms with Crippen molar-refractivity contribution in [1.82, 2.24) is 4.90 Å². The van der Waals surface area contributed by atoms with Gasteiger partial charge in [0, 0.05) is 13.1 Å². The number of benzene rings is 2. The Morgan fingerprint density at radius 2 is 1.70 bits per heavy atom. The topological polar surface area (TPSA) is 54.5 Å². The van der Waals surface area contributed by atoms with Crippen molar-refractivity contribution in [3.05, 3.63) is 70.7 Å². The number of hydrogen-bond acceptors (Lipinski definition) is 3. The second-order valence-electron chi connectivity index (χ2n) is 5.50. The molecule has 0 N–H and O–H groups in total. The number of sulfone groups is 1. The first-order chi connectivity index (χ1) is 11.0. The van der Waals surface area contributed by atoms with E-state index in [4.69, 9.17) is 11.6 Å². The Morgan fingerprint density at radius 1 is 1.04 bits per heavy atom. The third kappa shape index (κ3) is 3.26. The normalized spacial score (nSPS) is 20.2. The van der Waals surface area contributed by atoms with Crippen LogP contribution in [0.1, 0.15) is 21.2 Å². The summed E-state index contributed by atoms with van der Waals surface area (Å²) in [5, 5.41) is -0.314. The Balaban J connectivity index is 1.89. The number of amides is 1. The van der Waals surface area contributed by atoms with Gasteiger partial charge in [-0.05, 0) is 17.7 Å². The summed E-state index contributed by atoms with van der Waals surface area (Å²) < 4.78 is 24.8. The van der Waals surface area contributed by atoms with Gasteiger partial charge < -0.3 is 4.90 Å². The molecule has 0 spiro atoms. The minimum absolute atomic E-state index is 0.0389. The first kappa shape index (κ1) is 16.0. The van der Waals surface area contributed by atoms with Gasteiger partial charge in [0.1, 0.15) is 5.25 Å². The Hall–Kier alpha value is -1.85. The minimum Gasteiger partial charge on any atom is -0.336 e. The van der Waals surface area contributed by atoms with E-state index in [1.54, 1.807) is 53.4 Å². The average molecular weight is 350 g/mol. The Kier molecular flexibility index (Phi) is 4.41. The van der Waals surface area contributed by atoms with Crippen molar-refractivity contribution in [3.8, 4) is 0 Å². The molecular weight excluding hydrogens is 334 g/mol. The lowest BCUT2D eigenvalue weighted by molar-refractivity contribution is 0.0758. The van der Waals surface area contributed by atoms with Crippen LogP contribution in [0.15, 0.2) is 54.6 Å². The first-order valence-corrected chi connectivity index (χ1v) is 9.39. The molecule has 1 aliphatic rings. The highest BCUT2D eigenvalue weighted by Crippen LogP contribution is 2.29. The van der Waals surface area contributed by atoms with E-state index in [1.165, 1.54) is 0 Å². The van der Waals surface area contributed by atoms with Crippen LogP contribution in [0.5, 0.6) is 0 Å². The number of hydrogen-bond donors (Lipinski definition) is 0. The summed E-state index contributed by atoms with van der Waals surface area (Å²) in [6.07, 6.45) is 0. The van der Waals surface area contributed by atoms with Crippen LogP contribution in [0.2, 0.25) is 5.02 Å². The van der Waals surface area contributed by atoms with Crippen LogP contribution in [0.4, 0.5) is 0 Å². The monoisotopic (exact) mass is 349 g/mol. The quantitative estimate of drug-likeness (QED) is 0.837. The van der Waals surface area contributed by atoms with Gasteiger partial charge in [-0.15, -0.1) is 0 Å². The fourth-order valence-corrected chi connectivity index (χ4v) is 4.71. The molecule has 3 rings (SSSR count). The van der Waals surface area contributed by atoms with Crippen molar-refractivity contribution in [1.29, 1.82) is 0 Å². The molecule has 1 amide bonds. The summed E-state index contributed by atoms with van der Waals surface area (Å²) >= 11 is 6.08. The maximum Gasteiger partial charge on any atom is 0.255 e. The highest BCUT2D eigenvalue weighted by atomic mass is 35.5. The summed E-state index contributed by atoms with van der Waals surface area (Å²) in [7, 11) is -3.26.